The van der Waals surface area contributed by atoms with E-state index in [1.807, 2.05) is 61.5 Å². The molecule has 0 aliphatic carbocycles. The van der Waals surface area contributed by atoms with Crippen molar-refractivity contribution in [1.29, 1.82) is 0 Å². The van der Waals surface area contributed by atoms with Crippen LogP contribution in [0.3, 0.4) is 0 Å². The minimum atomic E-state index is -0.192. The number of carbonyl (C=O) groups excluding carboxylic acids is 1. The summed E-state index contributed by atoms with van der Waals surface area (Å²) in [4.78, 5) is 17.2. The van der Waals surface area contributed by atoms with Crippen LogP contribution in [0.25, 0.3) is 0 Å². The van der Waals surface area contributed by atoms with Crippen LogP contribution in [0.5, 0.6) is 0 Å². The van der Waals surface area contributed by atoms with E-state index in [0.717, 1.165) is 28.8 Å². The van der Waals surface area contributed by atoms with E-state index < -0.39 is 0 Å². The molecule has 0 atom stereocenters. The molecule has 0 unspecified atom stereocenters. The first kappa shape index (κ1) is 15.9. The van der Waals surface area contributed by atoms with Crippen LogP contribution in [-0.4, -0.2) is 36.0 Å². The fourth-order valence-electron chi connectivity index (χ4n) is 2.46. The first-order valence-electron chi connectivity index (χ1n) is 7.88. The van der Waals surface area contributed by atoms with Crippen molar-refractivity contribution in [2.75, 3.05) is 13.2 Å². The topological polar surface area (TPSA) is 54.3 Å². The minimum Gasteiger partial charge on any atom is -0.386 e. The molecule has 24 heavy (non-hydrogen) atoms. The smallest absolute Gasteiger partial charge is 0.283 e. The zero-order valence-electron chi connectivity index (χ0n) is 13.6. The van der Waals surface area contributed by atoms with Crippen LogP contribution in [0.4, 0.5) is 0 Å². The van der Waals surface area contributed by atoms with E-state index in [4.69, 9.17) is 4.84 Å². The molecule has 0 fully saturated rings. The summed E-state index contributed by atoms with van der Waals surface area (Å²) in [7, 11) is 0. The van der Waals surface area contributed by atoms with Gasteiger partial charge in [-0.1, -0.05) is 59.8 Å². The van der Waals surface area contributed by atoms with Crippen LogP contribution in [0.2, 0.25) is 0 Å². The van der Waals surface area contributed by atoms with Gasteiger partial charge in [0.25, 0.3) is 5.91 Å². The molecule has 0 N–H and O–H groups in total. The third-order valence-corrected chi connectivity index (χ3v) is 3.84. The number of hydrogen-bond acceptors (Lipinski definition) is 4. The van der Waals surface area contributed by atoms with Gasteiger partial charge in [-0.05, 0) is 23.6 Å². The maximum atomic E-state index is 12.1. The van der Waals surface area contributed by atoms with Crippen LogP contribution in [0, 0.1) is 6.92 Å². The van der Waals surface area contributed by atoms with Gasteiger partial charge in [-0.25, -0.2) is 5.01 Å². The zero-order valence-corrected chi connectivity index (χ0v) is 13.6. The van der Waals surface area contributed by atoms with Crippen LogP contribution >= 0.6 is 0 Å². The Balaban J connectivity index is 1.53. The van der Waals surface area contributed by atoms with Gasteiger partial charge in [-0.15, -0.1) is 0 Å². The summed E-state index contributed by atoms with van der Waals surface area (Å²) >= 11 is 0. The second kappa shape index (κ2) is 7.55. The standard InChI is InChI=1S/C19H19N3O2/c1-15-7-5-6-10-17(15)13-20-24-14-19(23)22-12-11-18(21-22)16-8-3-2-4-9-16/h2-10,13H,11-12,14H2,1H3/b20-13+. The molecule has 0 aromatic heterocycles. The van der Waals surface area contributed by atoms with Gasteiger partial charge in [0.05, 0.1) is 18.5 Å². The predicted molar refractivity (Wildman–Crippen MR) is 94.0 cm³/mol. The zero-order chi connectivity index (χ0) is 16.8. The van der Waals surface area contributed by atoms with E-state index in [2.05, 4.69) is 10.3 Å². The third kappa shape index (κ3) is 3.87. The molecule has 1 aliphatic rings. The summed E-state index contributed by atoms with van der Waals surface area (Å²) in [6.07, 6.45) is 2.37. The molecular weight excluding hydrogens is 302 g/mol. The third-order valence-electron chi connectivity index (χ3n) is 3.84. The normalized spacial score (nSPS) is 14.0. The highest BCUT2D eigenvalue weighted by Gasteiger charge is 2.21. The van der Waals surface area contributed by atoms with Crippen molar-refractivity contribution in [2.24, 2.45) is 10.3 Å². The molecule has 122 valence electrons. The second-order valence-corrected chi connectivity index (χ2v) is 5.54. The van der Waals surface area contributed by atoms with Gasteiger partial charge in [0, 0.05) is 6.42 Å². The number of rotatable bonds is 5. The van der Waals surface area contributed by atoms with Gasteiger partial charge in [0.1, 0.15) is 0 Å². The van der Waals surface area contributed by atoms with Crippen molar-refractivity contribution >= 4 is 17.8 Å². The van der Waals surface area contributed by atoms with Gasteiger partial charge in [0.2, 0.25) is 0 Å². The lowest BCUT2D eigenvalue weighted by Gasteiger charge is -2.09. The number of nitrogens with zero attached hydrogens (tertiary/aromatic N) is 3. The largest absolute Gasteiger partial charge is 0.386 e. The summed E-state index contributed by atoms with van der Waals surface area (Å²) in [6, 6.07) is 17.7. The molecule has 0 saturated carbocycles. The second-order valence-electron chi connectivity index (χ2n) is 5.54. The molecule has 0 bridgehead atoms. The van der Waals surface area contributed by atoms with Gasteiger partial charge < -0.3 is 4.84 Å². The molecule has 1 aliphatic heterocycles. The fraction of sp³-hybridized carbons (Fsp3) is 0.211. The maximum absolute atomic E-state index is 12.1. The average Bonchev–Trinajstić information content (AvgIpc) is 3.11. The molecule has 1 amide bonds. The number of benzene rings is 2. The van der Waals surface area contributed by atoms with E-state index in [0.29, 0.717) is 6.54 Å². The SMILES string of the molecule is Cc1ccccc1/C=N/OCC(=O)N1CCC(c2ccccc2)=N1. The highest BCUT2D eigenvalue weighted by atomic mass is 16.6. The molecule has 1 heterocycles. The van der Waals surface area contributed by atoms with E-state index in [-0.39, 0.29) is 12.5 Å². The lowest BCUT2D eigenvalue weighted by atomic mass is 10.1. The number of amides is 1. The monoisotopic (exact) mass is 321 g/mol. The summed E-state index contributed by atoms with van der Waals surface area (Å²) in [5.41, 5.74) is 4.04. The number of hydrazone groups is 1. The van der Waals surface area contributed by atoms with Crippen molar-refractivity contribution in [1.82, 2.24) is 5.01 Å². The van der Waals surface area contributed by atoms with E-state index in [9.17, 15) is 4.79 Å². The summed E-state index contributed by atoms with van der Waals surface area (Å²) < 4.78 is 0. The Morgan fingerprint density at radius 2 is 1.96 bits per heavy atom. The molecule has 2 aromatic rings. The first-order valence-corrected chi connectivity index (χ1v) is 7.88. The maximum Gasteiger partial charge on any atom is 0.283 e. The van der Waals surface area contributed by atoms with E-state index >= 15 is 0 Å². The summed E-state index contributed by atoms with van der Waals surface area (Å²) in [6.45, 7) is 2.46. The molecule has 0 radical (unpaired) electrons. The van der Waals surface area contributed by atoms with Crippen LogP contribution < -0.4 is 0 Å². The fourth-order valence-corrected chi connectivity index (χ4v) is 2.46. The van der Waals surface area contributed by atoms with Crippen molar-refractivity contribution in [3.8, 4) is 0 Å². The minimum absolute atomic E-state index is 0.117. The van der Waals surface area contributed by atoms with Gasteiger partial charge in [0.15, 0.2) is 6.61 Å². The van der Waals surface area contributed by atoms with Crippen molar-refractivity contribution < 1.29 is 9.63 Å². The summed E-state index contributed by atoms with van der Waals surface area (Å²) in [5.74, 6) is -0.192. The molecule has 0 spiro atoms. The Hall–Kier alpha value is -2.95. The van der Waals surface area contributed by atoms with Gasteiger partial charge in [-0.2, -0.15) is 5.10 Å². The molecular formula is C19H19N3O2. The Bertz CT molecular complexity index is 769. The number of hydrogen-bond donors (Lipinski definition) is 0. The van der Waals surface area contributed by atoms with Gasteiger partial charge in [-0.3, -0.25) is 4.79 Å². The van der Waals surface area contributed by atoms with Crippen molar-refractivity contribution in [3.05, 3.63) is 71.3 Å². The Morgan fingerprint density at radius 3 is 2.75 bits per heavy atom. The van der Waals surface area contributed by atoms with Crippen LogP contribution in [0.15, 0.2) is 64.9 Å². The Kier molecular flexibility index (Phi) is 5.01. The quantitative estimate of drug-likeness (QED) is 0.628. The number of carbonyl (C=O) groups is 1. The number of aryl methyl sites for hydroxylation is 1. The number of oxime groups is 1. The van der Waals surface area contributed by atoms with Gasteiger partial charge >= 0.3 is 0 Å². The predicted octanol–water partition coefficient (Wildman–Crippen LogP) is 2.98. The Labute approximate surface area is 141 Å². The molecule has 2 aromatic carbocycles. The molecule has 5 heteroatoms. The average molecular weight is 321 g/mol. The molecule has 3 rings (SSSR count). The van der Waals surface area contributed by atoms with Crippen LogP contribution in [0.1, 0.15) is 23.1 Å². The highest BCUT2D eigenvalue weighted by Crippen LogP contribution is 2.13. The molecule has 5 nitrogen and oxygen atoms in total. The van der Waals surface area contributed by atoms with E-state index in [1.54, 1.807) is 6.21 Å². The Morgan fingerprint density at radius 1 is 1.21 bits per heavy atom. The molecule has 0 saturated heterocycles. The lowest BCUT2D eigenvalue weighted by molar-refractivity contribution is -0.135. The van der Waals surface area contributed by atoms with E-state index in [1.165, 1.54) is 5.01 Å². The summed E-state index contributed by atoms with van der Waals surface area (Å²) in [5, 5.41) is 9.70. The van der Waals surface area contributed by atoms with Crippen LogP contribution in [-0.2, 0) is 9.63 Å². The highest BCUT2D eigenvalue weighted by molar-refractivity contribution is 6.02. The lowest BCUT2D eigenvalue weighted by Crippen LogP contribution is -2.26. The first-order chi connectivity index (χ1) is 11.7. The van der Waals surface area contributed by atoms with Crippen molar-refractivity contribution in [2.45, 2.75) is 13.3 Å². The van der Waals surface area contributed by atoms with Crippen molar-refractivity contribution in [3.63, 3.8) is 0 Å².